The molecule has 0 unspecified atom stereocenters. The Bertz CT molecular complexity index is 1130. The molecule has 1 aromatic heterocycles. The summed E-state index contributed by atoms with van der Waals surface area (Å²) >= 11 is 0. The van der Waals surface area contributed by atoms with E-state index in [2.05, 4.69) is 27.6 Å². The average Bonchev–Trinajstić information content (AvgIpc) is 3.20. The van der Waals surface area contributed by atoms with Crippen LogP contribution in [-0.2, 0) is 6.42 Å². The number of nitrogens with one attached hydrogen (secondary N) is 1. The Morgan fingerprint density at radius 1 is 0.862 bits per heavy atom. The molecule has 4 aromatic rings. The highest BCUT2D eigenvalue weighted by Gasteiger charge is 2.13. The second-order valence-corrected chi connectivity index (χ2v) is 7.02. The van der Waals surface area contributed by atoms with Gasteiger partial charge in [-0.2, -0.15) is 0 Å². The molecule has 1 N–H and O–H groups in total. The number of nitrogens with zero attached hydrogens (tertiary/aromatic N) is 2. The number of benzene rings is 3. The summed E-state index contributed by atoms with van der Waals surface area (Å²) in [5.74, 6) is 0.0909. The highest BCUT2D eigenvalue weighted by molar-refractivity contribution is 6.03. The SMILES string of the molecule is Cc1ccc(-c2nnc(NC(=O)c3ccc(Cc4ccccc4)cc3)o2)cc1C. The maximum Gasteiger partial charge on any atom is 0.322 e. The van der Waals surface area contributed by atoms with Crippen LogP contribution in [0.5, 0.6) is 0 Å². The summed E-state index contributed by atoms with van der Waals surface area (Å²) in [6.45, 7) is 4.07. The Balaban J connectivity index is 1.43. The smallest absolute Gasteiger partial charge is 0.322 e. The van der Waals surface area contributed by atoms with Gasteiger partial charge in [0.15, 0.2) is 0 Å². The number of aryl methyl sites for hydroxylation is 2. The van der Waals surface area contributed by atoms with E-state index in [1.165, 1.54) is 11.1 Å². The van der Waals surface area contributed by atoms with Crippen molar-refractivity contribution < 1.29 is 9.21 Å². The van der Waals surface area contributed by atoms with Crippen molar-refractivity contribution in [2.75, 3.05) is 5.32 Å². The molecule has 0 bridgehead atoms. The van der Waals surface area contributed by atoms with Gasteiger partial charge in [-0.1, -0.05) is 53.6 Å². The van der Waals surface area contributed by atoms with Crippen LogP contribution in [0.3, 0.4) is 0 Å². The molecule has 0 fully saturated rings. The van der Waals surface area contributed by atoms with Gasteiger partial charge in [0.1, 0.15) is 0 Å². The van der Waals surface area contributed by atoms with Gasteiger partial charge in [0, 0.05) is 11.1 Å². The molecule has 0 spiro atoms. The van der Waals surface area contributed by atoms with Gasteiger partial charge in [-0.25, -0.2) is 0 Å². The summed E-state index contributed by atoms with van der Waals surface area (Å²) in [4.78, 5) is 12.5. The number of rotatable bonds is 5. The topological polar surface area (TPSA) is 68.0 Å². The van der Waals surface area contributed by atoms with Crippen molar-refractivity contribution in [3.63, 3.8) is 0 Å². The fraction of sp³-hybridized carbons (Fsp3) is 0.125. The summed E-state index contributed by atoms with van der Waals surface area (Å²) < 4.78 is 5.61. The normalized spacial score (nSPS) is 10.7. The molecule has 1 heterocycles. The van der Waals surface area contributed by atoms with Crippen molar-refractivity contribution in [1.29, 1.82) is 0 Å². The lowest BCUT2D eigenvalue weighted by Crippen LogP contribution is -2.12. The van der Waals surface area contributed by atoms with Gasteiger partial charge in [0.25, 0.3) is 5.91 Å². The molecule has 144 valence electrons. The third-order valence-corrected chi connectivity index (χ3v) is 4.87. The van der Waals surface area contributed by atoms with Crippen molar-refractivity contribution in [2.45, 2.75) is 20.3 Å². The molecule has 3 aromatic carbocycles. The summed E-state index contributed by atoms with van der Waals surface area (Å²) in [7, 11) is 0. The number of aromatic nitrogens is 2. The summed E-state index contributed by atoms with van der Waals surface area (Å²) in [5.41, 5.74) is 6.07. The first-order valence-electron chi connectivity index (χ1n) is 9.44. The maximum atomic E-state index is 12.5. The lowest BCUT2D eigenvalue weighted by molar-refractivity contribution is 0.102. The molecule has 0 saturated carbocycles. The van der Waals surface area contributed by atoms with Crippen LogP contribution < -0.4 is 5.32 Å². The second kappa shape index (κ2) is 8.10. The standard InChI is InChI=1S/C24H21N3O2/c1-16-8-11-21(14-17(16)2)23-26-27-24(29-23)25-22(28)20-12-9-19(10-13-20)15-18-6-4-3-5-7-18/h3-14H,15H2,1-2H3,(H,25,27,28). The predicted octanol–water partition coefficient (Wildman–Crippen LogP) is 5.20. The first-order valence-corrected chi connectivity index (χ1v) is 9.44. The zero-order valence-corrected chi connectivity index (χ0v) is 16.3. The minimum absolute atomic E-state index is 0.0802. The fourth-order valence-electron chi connectivity index (χ4n) is 3.04. The van der Waals surface area contributed by atoms with Crippen LogP contribution in [0.4, 0.5) is 6.01 Å². The molecule has 29 heavy (non-hydrogen) atoms. The number of hydrogen-bond acceptors (Lipinski definition) is 4. The van der Waals surface area contributed by atoms with Crippen LogP contribution >= 0.6 is 0 Å². The van der Waals surface area contributed by atoms with Gasteiger partial charge >= 0.3 is 6.01 Å². The molecule has 0 saturated heterocycles. The quantitative estimate of drug-likeness (QED) is 0.514. The van der Waals surface area contributed by atoms with Gasteiger partial charge in [-0.3, -0.25) is 10.1 Å². The molecule has 1 amide bonds. The number of amides is 1. The molecule has 0 atom stereocenters. The van der Waals surface area contributed by atoms with E-state index in [-0.39, 0.29) is 11.9 Å². The van der Waals surface area contributed by atoms with Crippen molar-refractivity contribution in [3.05, 3.63) is 101 Å². The zero-order valence-electron chi connectivity index (χ0n) is 16.3. The monoisotopic (exact) mass is 383 g/mol. The summed E-state index contributed by atoms with van der Waals surface area (Å²) in [6.07, 6.45) is 0.825. The molecule has 0 aliphatic heterocycles. The van der Waals surface area contributed by atoms with E-state index < -0.39 is 0 Å². The van der Waals surface area contributed by atoms with Gasteiger partial charge in [-0.05, 0) is 66.8 Å². The predicted molar refractivity (Wildman–Crippen MR) is 113 cm³/mol. The van der Waals surface area contributed by atoms with E-state index in [1.807, 2.05) is 62.4 Å². The lowest BCUT2D eigenvalue weighted by atomic mass is 10.0. The van der Waals surface area contributed by atoms with Gasteiger partial charge in [-0.15, -0.1) is 5.10 Å². The van der Waals surface area contributed by atoms with E-state index >= 15 is 0 Å². The molecule has 5 nitrogen and oxygen atoms in total. The molecule has 0 radical (unpaired) electrons. The summed E-state index contributed by atoms with van der Waals surface area (Å²) in [5, 5.41) is 10.6. The third kappa shape index (κ3) is 4.41. The van der Waals surface area contributed by atoms with Crippen molar-refractivity contribution in [2.24, 2.45) is 0 Å². The highest BCUT2D eigenvalue weighted by atomic mass is 16.4. The Hall–Kier alpha value is -3.73. The van der Waals surface area contributed by atoms with E-state index in [4.69, 9.17) is 4.42 Å². The van der Waals surface area contributed by atoms with Gasteiger partial charge < -0.3 is 4.42 Å². The van der Waals surface area contributed by atoms with Crippen LogP contribution in [-0.4, -0.2) is 16.1 Å². The van der Waals surface area contributed by atoms with E-state index in [1.54, 1.807) is 12.1 Å². The Labute approximate surface area is 169 Å². The number of anilines is 1. The number of carbonyl (C=O) groups excluding carboxylic acids is 1. The van der Waals surface area contributed by atoms with E-state index in [9.17, 15) is 4.79 Å². The van der Waals surface area contributed by atoms with Crippen molar-refractivity contribution in [1.82, 2.24) is 10.2 Å². The van der Waals surface area contributed by atoms with E-state index in [0.717, 1.165) is 23.1 Å². The Morgan fingerprint density at radius 2 is 1.59 bits per heavy atom. The van der Waals surface area contributed by atoms with E-state index in [0.29, 0.717) is 11.5 Å². The second-order valence-electron chi connectivity index (χ2n) is 7.02. The fourth-order valence-corrected chi connectivity index (χ4v) is 3.04. The van der Waals surface area contributed by atoms with Crippen LogP contribution in [0, 0.1) is 13.8 Å². The first kappa shape index (κ1) is 18.6. The minimum Gasteiger partial charge on any atom is -0.403 e. The van der Waals surface area contributed by atoms with Crippen LogP contribution in [0.25, 0.3) is 11.5 Å². The molecular weight excluding hydrogens is 362 g/mol. The Morgan fingerprint density at radius 3 is 2.31 bits per heavy atom. The molecule has 4 rings (SSSR count). The zero-order chi connectivity index (χ0) is 20.2. The van der Waals surface area contributed by atoms with Gasteiger partial charge in [0.05, 0.1) is 0 Å². The lowest BCUT2D eigenvalue weighted by Gasteiger charge is -2.04. The minimum atomic E-state index is -0.286. The van der Waals surface area contributed by atoms with Crippen LogP contribution in [0.1, 0.15) is 32.6 Å². The van der Waals surface area contributed by atoms with Gasteiger partial charge in [0.2, 0.25) is 5.89 Å². The number of hydrogen-bond donors (Lipinski definition) is 1. The first-order chi connectivity index (χ1) is 14.1. The maximum absolute atomic E-state index is 12.5. The largest absolute Gasteiger partial charge is 0.403 e. The Kier molecular flexibility index (Phi) is 5.20. The molecule has 5 heteroatoms. The van der Waals surface area contributed by atoms with Crippen molar-refractivity contribution >= 4 is 11.9 Å². The van der Waals surface area contributed by atoms with Crippen LogP contribution in [0.2, 0.25) is 0 Å². The average molecular weight is 383 g/mol. The highest BCUT2D eigenvalue weighted by Crippen LogP contribution is 2.22. The summed E-state index contributed by atoms with van der Waals surface area (Å²) in [6, 6.07) is 23.7. The number of carbonyl (C=O) groups is 1. The third-order valence-electron chi connectivity index (χ3n) is 4.87. The molecular formula is C24H21N3O2. The molecule has 0 aliphatic rings. The molecule has 0 aliphatic carbocycles. The van der Waals surface area contributed by atoms with Crippen LogP contribution in [0.15, 0.2) is 77.2 Å². The van der Waals surface area contributed by atoms with Crippen molar-refractivity contribution in [3.8, 4) is 11.5 Å².